The molecule has 0 aromatic carbocycles. The van der Waals surface area contributed by atoms with Crippen LogP contribution in [0.3, 0.4) is 0 Å². The molecule has 0 radical (unpaired) electrons. The van der Waals surface area contributed by atoms with Gasteiger partial charge >= 0.3 is 0 Å². The number of nitrogens with zero attached hydrogens (tertiary/aromatic N) is 3. The molecule has 0 atom stereocenters. The maximum absolute atomic E-state index is 5.87. The molecule has 1 saturated carbocycles. The highest BCUT2D eigenvalue weighted by molar-refractivity contribution is 6.28. The number of hydrogen-bond donors (Lipinski definition) is 0. The fourth-order valence-corrected chi connectivity index (χ4v) is 2.50. The van der Waals surface area contributed by atoms with Crippen LogP contribution in [0.2, 0.25) is 5.28 Å². The van der Waals surface area contributed by atoms with E-state index in [4.69, 9.17) is 11.6 Å². The Hall–Kier alpha value is -0.570. The molecule has 84 valence electrons. The quantitative estimate of drug-likeness (QED) is 0.794. The molecule has 0 spiro atoms. The van der Waals surface area contributed by atoms with Gasteiger partial charge in [-0.05, 0) is 29.9 Å². The van der Waals surface area contributed by atoms with E-state index < -0.39 is 0 Å². The van der Waals surface area contributed by atoms with E-state index in [0.717, 1.165) is 18.4 Å². The van der Waals surface area contributed by atoms with Crippen molar-refractivity contribution in [1.82, 2.24) is 14.8 Å². The summed E-state index contributed by atoms with van der Waals surface area (Å²) in [7, 11) is 0. The zero-order valence-electron chi connectivity index (χ0n) is 9.19. The SMILES string of the molecule is CC1CCC(CCn2cnnc2Cl)CC1. The van der Waals surface area contributed by atoms with Crippen LogP contribution >= 0.6 is 11.6 Å². The molecule has 0 aliphatic heterocycles. The van der Waals surface area contributed by atoms with Crippen LogP contribution in [0, 0.1) is 11.8 Å². The Bertz CT molecular complexity index is 303. The highest BCUT2D eigenvalue weighted by Gasteiger charge is 2.18. The molecule has 1 fully saturated rings. The maximum Gasteiger partial charge on any atom is 0.224 e. The van der Waals surface area contributed by atoms with E-state index in [0.29, 0.717) is 5.28 Å². The normalized spacial score (nSPS) is 26.8. The summed E-state index contributed by atoms with van der Waals surface area (Å²) in [4.78, 5) is 0. The Balaban J connectivity index is 1.77. The number of halogens is 1. The van der Waals surface area contributed by atoms with Gasteiger partial charge in [-0.2, -0.15) is 0 Å². The van der Waals surface area contributed by atoms with Crippen molar-refractivity contribution in [1.29, 1.82) is 0 Å². The minimum absolute atomic E-state index is 0.513. The Morgan fingerprint density at radius 1 is 1.40 bits per heavy atom. The maximum atomic E-state index is 5.87. The number of aromatic nitrogens is 3. The molecule has 0 saturated heterocycles. The molecule has 0 amide bonds. The molecule has 1 aliphatic carbocycles. The predicted octanol–water partition coefficient (Wildman–Crippen LogP) is 3.15. The van der Waals surface area contributed by atoms with Crippen LogP contribution in [0.25, 0.3) is 0 Å². The molecule has 2 rings (SSSR count). The van der Waals surface area contributed by atoms with Gasteiger partial charge in [-0.25, -0.2) is 0 Å². The molecule has 15 heavy (non-hydrogen) atoms. The largest absolute Gasteiger partial charge is 0.304 e. The van der Waals surface area contributed by atoms with E-state index in [2.05, 4.69) is 17.1 Å². The van der Waals surface area contributed by atoms with Crippen molar-refractivity contribution >= 4 is 11.6 Å². The summed E-state index contributed by atoms with van der Waals surface area (Å²) >= 11 is 5.87. The third kappa shape index (κ3) is 2.94. The van der Waals surface area contributed by atoms with Gasteiger partial charge < -0.3 is 4.57 Å². The first-order valence-corrected chi connectivity index (χ1v) is 6.17. The lowest BCUT2D eigenvalue weighted by molar-refractivity contribution is 0.269. The second-order valence-corrected chi connectivity index (χ2v) is 5.05. The summed E-state index contributed by atoms with van der Waals surface area (Å²) < 4.78 is 1.93. The van der Waals surface area contributed by atoms with Crippen molar-refractivity contribution in [2.24, 2.45) is 11.8 Å². The second kappa shape index (κ2) is 4.97. The van der Waals surface area contributed by atoms with Crippen LogP contribution in [-0.4, -0.2) is 14.8 Å². The third-order valence-corrected chi connectivity index (χ3v) is 3.77. The lowest BCUT2D eigenvalue weighted by Gasteiger charge is -2.26. The van der Waals surface area contributed by atoms with E-state index in [9.17, 15) is 0 Å². The average molecular weight is 228 g/mol. The summed E-state index contributed by atoms with van der Waals surface area (Å²) in [6.07, 6.45) is 8.46. The van der Waals surface area contributed by atoms with E-state index in [1.807, 2.05) is 4.57 Å². The van der Waals surface area contributed by atoms with Crippen LogP contribution in [0.15, 0.2) is 6.33 Å². The van der Waals surface area contributed by atoms with E-state index in [-0.39, 0.29) is 0 Å². The molecule has 1 aromatic heterocycles. The van der Waals surface area contributed by atoms with Crippen LogP contribution in [0.4, 0.5) is 0 Å². The number of hydrogen-bond acceptors (Lipinski definition) is 2. The predicted molar refractivity (Wildman–Crippen MR) is 60.8 cm³/mol. The number of aryl methyl sites for hydroxylation is 1. The summed E-state index contributed by atoms with van der Waals surface area (Å²) in [5.41, 5.74) is 0. The van der Waals surface area contributed by atoms with Gasteiger partial charge in [-0.15, -0.1) is 10.2 Å². The Kier molecular flexibility index (Phi) is 3.62. The van der Waals surface area contributed by atoms with Gasteiger partial charge in [-0.1, -0.05) is 32.6 Å². The highest BCUT2D eigenvalue weighted by Crippen LogP contribution is 2.30. The summed E-state index contributed by atoms with van der Waals surface area (Å²) in [6, 6.07) is 0. The van der Waals surface area contributed by atoms with Crippen LogP contribution < -0.4 is 0 Å². The van der Waals surface area contributed by atoms with Gasteiger partial charge in [-0.3, -0.25) is 0 Å². The van der Waals surface area contributed by atoms with Gasteiger partial charge in [0.05, 0.1) is 0 Å². The minimum atomic E-state index is 0.513. The van der Waals surface area contributed by atoms with Crippen molar-refractivity contribution in [3.8, 4) is 0 Å². The van der Waals surface area contributed by atoms with Gasteiger partial charge in [0.2, 0.25) is 5.28 Å². The van der Waals surface area contributed by atoms with Crippen molar-refractivity contribution in [3.63, 3.8) is 0 Å². The fourth-order valence-electron chi connectivity index (χ4n) is 2.33. The Morgan fingerprint density at radius 2 is 2.13 bits per heavy atom. The third-order valence-electron chi connectivity index (χ3n) is 3.48. The topological polar surface area (TPSA) is 30.7 Å². The van der Waals surface area contributed by atoms with Crippen LogP contribution in [0.1, 0.15) is 39.0 Å². The average Bonchev–Trinajstić information content (AvgIpc) is 2.63. The fraction of sp³-hybridized carbons (Fsp3) is 0.818. The second-order valence-electron chi connectivity index (χ2n) is 4.71. The lowest BCUT2D eigenvalue weighted by atomic mass is 9.81. The van der Waals surface area contributed by atoms with Crippen LogP contribution in [0.5, 0.6) is 0 Å². The zero-order chi connectivity index (χ0) is 10.7. The van der Waals surface area contributed by atoms with E-state index >= 15 is 0 Å². The van der Waals surface area contributed by atoms with Crippen LogP contribution in [-0.2, 0) is 6.54 Å². The molecule has 0 unspecified atom stereocenters. The number of rotatable bonds is 3. The molecule has 1 aliphatic rings. The first-order chi connectivity index (χ1) is 7.25. The van der Waals surface area contributed by atoms with Gasteiger partial charge in [0, 0.05) is 6.54 Å². The molecule has 0 N–H and O–H groups in total. The molecule has 1 heterocycles. The summed E-state index contributed by atoms with van der Waals surface area (Å²) in [5.74, 6) is 1.81. The molecule has 0 bridgehead atoms. The van der Waals surface area contributed by atoms with E-state index in [1.165, 1.54) is 32.1 Å². The Labute approximate surface area is 95.8 Å². The van der Waals surface area contributed by atoms with Crippen molar-refractivity contribution in [2.45, 2.75) is 45.6 Å². The molecule has 3 nitrogen and oxygen atoms in total. The molecular formula is C11H18ClN3. The highest BCUT2D eigenvalue weighted by atomic mass is 35.5. The first-order valence-electron chi connectivity index (χ1n) is 5.79. The smallest absolute Gasteiger partial charge is 0.224 e. The monoisotopic (exact) mass is 227 g/mol. The summed E-state index contributed by atoms with van der Waals surface area (Å²) in [6.45, 7) is 3.32. The van der Waals surface area contributed by atoms with Crippen molar-refractivity contribution in [2.75, 3.05) is 0 Å². The zero-order valence-corrected chi connectivity index (χ0v) is 9.95. The molecular weight excluding hydrogens is 210 g/mol. The molecule has 4 heteroatoms. The van der Waals surface area contributed by atoms with Crippen molar-refractivity contribution < 1.29 is 0 Å². The molecule has 1 aromatic rings. The van der Waals surface area contributed by atoms with Gasteiger partial charge in [0.1, 0.15) is 6.33 Å². The van der Waals surface area contributed by atoms with Gasteiger partial charge in [0.15, 0.2) is 0 Å². The van der Waals surface area contributed by atoms with E-state index in [1.54, 1.807) is 6.33 Å². The van der Waals surface area contributed by atoms with Gasteiger partial charge in [0.25, 0.3) is 0 Å². The standard InChI is InChI=1S/C11H18ClN3/c1-9-2-4-10(5-3-9)6-7-15-8-13-14-11(15)12/h8-10H,2-7H2,1H3. The lowest BCUT2D eigenvalue weighted by Crippen LogP contribution is -2.14. The minimum Gasteiger partial charge on any atom is -0.304 e. The summed E-state index contributed by atoms with van der Waals surface area (Å²) in [5, 5.41) is 8.06. The Morgan fingerprint density at radius 3 is 2.73 bits per heavy atom. The van der Waals surface area contributed by atoms with Crippen molar-refractivity contribution in [3.05, 3.63) is 11.6 Å². The first kappa shape index (κ1) is 10.9.